The van der Waals surface area contributed by atoms with E-state index in [0.717, 1.165) is 22.4 Å². The standard InChI is InChI=1S/C21H25N5O/c1-13-9-17(19-14(2)24-25(3)20(19)23-13)21(27)26-11-16(10-22)18(12-26)15-7-5-4-6-8-15/h4-9,16,18H,10-12,22H2,1-3H3/t16-,18+/m1/s1. The Balaban J connectivity index is 1.71. The molecule has 2 atom stereocenters. The van der Waals surface area contributed by atoms with Gasteiger partial charge in [0, 0.05) is 31.7 Å². The van der Waals surface area contributed by atoms with Gasteiger partial charge in [-0.25, -0.2) is 4.98 Å². The molecule has 27 heavy (non-hydrogen) atoms. The molecule has 3 aromatic rings. The molecule has 6 heteroatoms. The first-order chi connectivity index (χ1) is 13.0. The van der Waals surface area contributed by atoms with E-state index in [1.807, 2.05) is 50.1 Å². The van der Waals surface area contributed by atoms with E-state index in [1.54, 1.807) is 4.68 Å². The molecule has 0 saturated carbocycles. The highest BCUT2D eigenvalue weighted by Crippen LogP contribution is 2.34. The molecule has 4 rings (SSSR count). The van der Waals surface area contributed by atoms with Crippen LogP contribution in [-0.2, 0) is 7.05 Å². The Morgan fingerprint density at radius 3 is 2.67 bits per heavy atom. The molecular weight excluding hydrogens is 338 g/mol. The van der Waals surface area contributed by atoms with Crippen LogP contribution in [0.4, 0.5) is 0 Å². The number of hydrogen-bond acceptors (Lipinski definition) is 4. The van der Waals surface area contributed by atoms with Gasteiger partial charge < -0.3 is 10.6 Å². The van der Waals surface area contributed by atoms with Crippen molar-refractivity contribution in [2.45, 2.75) is 19.8 Å². The fraction of sp³-hybridized carbons (Fsp3) is 0.381. The summed E-state index contributed by atoms with van der Waals surface area (Å²) in [6, 6.07) is 12.2. The Morgan fingerprint density at radius 2 is 1.96 bits per heavy atom. The van der Waals surface area contributed by atoms with Crippen molar-refractivity contribution < 1.29 is 4.79 Å². The van der Waals surface area contributed by atoms with Gasteiger partial charge in [-0.15, -0.1) is 0 Å². The van der Waals surface area contributed by atoms with Crippen molar-refractivity contribution in [3.05, 3.63) is 58.9 Å². The minimum atomic E-state index is 0.0403. The summed E-state index contributed by atoms with van der Waals surface area (Å²) >= 11 is 0. The summed E-state index contributed by atoms with van der Waals surface area (Å²) in [7, 11) is 1.86. The normalized spacial score (nSPS) is 19.8. The minimum Gasteiger partial charge on any atom is -0.338 e. The number of hydrogen-bond donors (Lipinski definition) is 1. The third-order valence-corrected chi connectivity index (χ3v) is 5.59. The van der Waals surface area contributed by atoms with Crippen molar-refractivity contribution in [2.24, 2.45) is 18.7 Å². The summed E-state index contributed by atoms with van der Waals surface area (Å²) < 4.78 is 1.74. The van der Waals surface area contributed by atoms with E-state index in [0.29, 0.717) is 25.2 Å². The van der Waals surface area contributed by atoms with Gasteiger partial charge in [0.2, 0.25) is 0 Å². The number of carbonyl (C=O) groups excluding carboxylic acids is 1. The molecular formula is C21H25N5O. The first kappa shape index (κ1) is 17.7. The van der Waals surface area contributed by atoms with Gasteiger partial charge in [0.1, 0.15) is 0 Å². The highest BCUT2D eigenvalue weighted by molar-refractivity contribution is 6.06. The largest absolute Gasteiger partial charge is 0.338 e. The van der Waals surface area contributed by atoms with Gasteiger partial charge in [0.25, 0.3) is 5.91 Å². The Labute approximate surface area is 159 Å². The van der Waals surface area contributed by atoms with Gasteiger partial charge in [0.05, 0.1) is 16.6 Å². The maximum absolute atomic E-state index is 13.4. The zero-order valence-corrected chi connectivity index (χ0v) is 16.0. The van der Waals surface area contributed by atoms with E-state index < -0.39 is 0 Å². The zero-order valence-electron chi connectivity index (χ0n) is 16.0. The van der Waals surface area contributed by atoms with Crippen LogP contribution in [0.1, 0.15) is 33.2 Å². The van der Waals surface area contributed by atoms with Crippen LogP contribution in [0.2, 0.25) is 0 Å². The summed E-state index contributed by atoms with van der Waals surface area (Å²) in [6.45, 7) is 5.78. The summed E-state index contributed by atoms with van der Waals surface area (Å²) in [5, 5.41) is 5.31. The van der Waals surface area contributed by atoms with Crippen LogP contribution in [0.3, 0.4) is 0 Å². The second-order valence-corrected chi connectivity index (χ2v) is 7.44. The van der Waals surface area contributed by atoms with E-state index in [2.05, 4.69) is 22.2 Å². The highest BCUT2D eigenvalue weighted by Gasteiger charge is 2.36. The molecule has 0 radical (unpaired) electrons. The van der Waals surface area contributed by atoms with Gasteiger partial charge in [-0.3, -0.25) is 9.48 Å². The molecule has 1 fully saturated rings. The molecule has 1 aromatic carbocycles. The van der Waals surface area contributed by atoms with Crippen LogP contribution >= 0.6 is 0 Å². The molecule has 6 nitrogen and oxygen atoms in total. The number of amides is 1. The molecule has 1 saturated heterocycles. The number of pyridine rings is 1. The van der Waals surface area contributed by atoms with Gasteiger partial charge in [-0.2, -0.15) is 5.10 Å². The van der Waals surface area contributed by atoms with Crippen molar-refractivity contribution in [3.8, 4) is 0 Å². The van der Waals surface area contributed by atoms with Crippen LogP contribution in [0.15, 0.2) is 36.4 Å². The molecule has 1 aliphatic heterocycles. The average molecular weight is 363 g/mol. The highest BCUT2D eigenvalue weighted by atomic mass is 16.2. The first-order valence-corrected chi connectivity index (χ1v) is 9.34. The number of nitrogens with two attached hydrogens (primary N) is 1. The average Bonchev–Trinajstić information content (AvgIpc) is 3.22. The molecule has 2 N–H and O–H groups in total. The molecule has 2 aromatic heterocycles. The maximum atomic E-state index is 13.4. The second kappa shape index (κ2) is 6.78. The van der Waals surface area contributed by atoms with Crippen LogP contribution in [0.25, 0.3) is 11.0 Å². The number of rotatable bonds is 3. The van der Waals surface area contributed by atoms with Crippen molar-refractivity contribution in [1.29, 1.82) is 0 Å². The molecule has 0 unspecified atom stereocenters. The lowest BCUT2D eigenvalue weighted by Crippen LogP contribution is -2.30. The predicted molar refractivity (Wildman–Crippen MR) is 106 cm³/mol. The van der Waals surface area contributed by atoms with E-state index in [1.165, 1.54) is 5.56 Å². The van der Waals surface area contributed by atoms with Crippen molar-refractivity contribution in [1.82, 2.24) is 19.7 Å². The zero-order chi connectivity index (χ0) is 19.1. The number of fused-ring (bicyclic) bond motifs is 1. The molecule has 3 heterocycles. The summed E-state index contributed by atoms with van der Waals surface area (Å²) in [5.74, 6) is 0.580. The molecule has 140 valence electrons. The van der Waals surface area contributed by atoms with E-state index >= 15 is 0 Å². The van der Waals surface area contributed by atoms with Gasteiger partial charge in [-0.05, 0) is 37.9 Å². The lowest BCUT2D eigenvalue weighted by Gasteiger charge is -2.18. The Kier molecular flexibility index (Phi) is 4.44. The molecule has 1 aliphatic rings. The van der Waals surface area contributed by atoms with E-state index in [-0.39, 0.29) is 17.7 Å². The maximum Gasteiger partial charge on any atom is 0.254 e. The second-order valence-electron chi connectivity index (χ2n) is 7.44. The van der Waals surface area contributed by atoms with Gasteiger partial charge in [0.15, 0.2) is 5.65 Å². The SMILES string of the molecule is Cc1cc(C(=O)N2C[C@@H](CN)[C@H](c3ccccc3)C2)c2c(C)nn(C)c2n1. The van der Waals surface area contributed by atoms with Crippen molar-refractivity contribution in [2.75, 3.05) is 19.6 Å². The quantitative estimate of drug-likeness (QED) is 0.775. The van der Waals surface area contributed by atoms with Crippen molar-refractivity contribution >= 4 is 16.9 Å². The van der Waals surface area contributed by atoms with Crippen LogP contribution < -0.4 is 5.73 Å². The summed E-state index contributed by atoms with van der Waals surface area (Å²) in [6.07, 6.45) is 0. The molecule has 0 bridgehead atoms. The Morgan fingerprint density at radius 1 is 1.22 bits per heavy atom. The first-order valence-electron chi connectivity index (χ1n) is 9.34. The molecule has 0 aliphatic carbocycles. The number of carbonyl (C=O) groups is 1. The monoisotopic (exact) mass is 363 g/mol. The van der Waals surface area contributed by atoms with E-state index in [4.69, 9.17) is 5.73 Å². The molecule has 1 amide bonds. The van der Waals surface area contributed by atoms with Gasteiger partial charge >= 0.3 is 0 Å². The Bertz CT molecular complexity index is 995. The third-order valence-electron chi connectivity index (χ3n) is 5.59. The summed E-state index contributed by atoms with van der Waals surface area (Å²) in [4.78, 5) is 19.9. The fourth-order valence-electron chi connectivity index (χ4n) is 4.26. The van der Waals surface area contributed by atoms with E-state index in [9.17, 15) is 4.79 Å². The number of likely N-dealkylation sites (tertiary alicyclic amines) is 1. The third kappa shape index (κ3) is 3.00. The van der Waals surface area contributed by atoms with Crippen molar-refractivity contribution in [3.63, 3.8) is 0 Å². The lowest BCUT2D eigenvalue weighted by atomic mass is 9.89. The number of benzene rings is 1. The fourth-order valence-corrected chi connectivity index (χ4v) is 4.26. The predicted octanol–water partition coefficient (Wildman–Crippen LogP) is 2.40. The van der Waals surface area contributed by atoms with Crippen LogP contribution in [0.5, 0.6) is 0 Å². The minimum absolute atomic E-state index is 0.0403. The number of aryl methyl sites for hydroxylation is 3. The van der Waals surface area contributed by atoms with Gasteiger partial charge in [-0.1, -0.05) is 30.3 Å². The summed E-state index contributed by atoms with van der Waals surface area (Å²) in [5.41, 5.74) is 10.4. The topological polar surface area (TPSA) is 77.0 Å². The Hall–Kier alpha value is -2.73. The smallest absolute Gasteiger partial charge is 0.254 e. The van der Waals surface area contributed by atoms with Crippen LogP contribution in [0, 0.1) is 19.8 Å². The number of nitrogens with zero attached hydrogens (tertiary/aromatic N) is 4. The molecule has 0 spiro atoms. The van der Waals surface area contributed by atoms with Crippen LogP contribution in [-0.4, -0.2) is 45.2 Å². The number of aromatic nitrogens is 3. The lowest BCUT2D eigenvalue weighted by molar-refractivity contribution is 0.0788.